The number of hydrogen-bond donors (Lipinski definition) is 1. The van der Waals surface area contributed by atoms with Crippen LogP contribution in [0.15, 0.2) is 27.9 Å². The molecule has 0 radical (unpaired) electrons. The van der Waals surface area contributed by atoms with Crippen LogP contribution in [0.5, 0.6) is 11.5 Å². The second kappa shape index (κ2) is 8.38. The van der Waals surface area contributed by atoms with Crippen molar-refractivity contribution >= 4 is 27.8 Å². The molecular formula is C18H22BrNO5. The average molecular weight is 412 g/mol. The van der Waals surface area contributed by atoms with Crippen molar-refractivity contribution in [3.05, 3.63) is 33.4 Å². The molecule has 0 aliphatic carbocycles. The van der Waals surface area contributed by atoms with Crippen LogP contribution < -0.4 is 14.8 Å². The smallest absolute Gasteiger partial charge is 0.336 e. The molecule has 1 aliphatic rings. The van der Waals surface area contributed by atoms with E-state index in [1.807, 2.05) is 26.0 Å². The first-order valence-electron chi connectivity index (χ1n) is 8.10. The van der Waals surface area contributed by atoms with Crippen LogP contribution in [-0.4, -0.2) is 32.2 Å². The second-order valence-electron chi connectivity index (χ2n) is 5.53. The Morgan fingerprint density at radius 1 is 1.28 bits per heavy atom. The van der Waals surface area contributed by atoms with E-state index in [0.29, 0.717) is 40.5 Å². The average Bonchev–Trinajstić information content (AvgIpc) is 2.56. The molecule has 1 heterocycles. The standard InChI is InChI=1S/C18H22BrNO5/c1-5-24-14-8-11(7-13(19)17(14)25-6-2)12-9-15(21)20-10(3)16(12)18(22)23-4/h7-8,12H,5-6,9H2,1-4H3,(H,20,21)/t12-/m0/s1. The van der Waals surface area contributed by atoms with Crippen molar-refractivity contribution in [2.75, 3.05) is 20.3 Å². The summed E-state index contributed by atoms with van der Waals surface area (Å²) in [7, 11) is 1.33. The highest BCUT2D eigenvalue weighted by atomic mass is 79.9. The number of ether oxygens (including phenoxy) is 3. The quantitative estimate of drug-likeness (QED) is 0.726. The van der Waals surface area contributed by atoms with E-state index in [1.54, 1.807) is 6.92 Å². The van der Waals surface area contributed by atoms with Crippen molar-refractivity contribution in [3.63, 3.8) is 0 Å². The third kappa shape index (κ3) is 4.15. The van der Waals surface area contributed by atoms with Crippen molar-refractivity contribution in [2.45, 2.75) is 33.1 Å². The molecule has 0 aromatic heterocycles. The maximum atomic E-state index is 12.2. The van der Waals surface area contributed by atoms with Crippen LogP contribution in [0, 0.1) is 0 Å². The number of benzene rings is 1. The van der Waals surface area contributed by atoms with E-state index in [4.69, 9.17) is 14.2 Å². The van der Waals surface area contributed by atoms with Gasteiger partial charge in [0.15, 0.2) is 11.5 Å². The molecule has 1 N–H and O–H groups in total. The molecule has 136 valence electrons. The van der Waals surface area contributed by atoms with Crippen LogP contribution in [0.3, 0.4) is 0 Å². The molecule has 2 rings (SSSR count). The van der Waals surface area contributed by atoms with Crippen molar-refractivity contribution in [1.29, 1.82) is 0 Å². The first kappa shape index (κ1) is 19.3. The number of carbonyl (C=O) groups is 2. The number of hydrogen-bond acceptors (Lipinski definition) is 5. The summed E-state index contributed by atoms with van der Waals surface area (Å²) in [6, 6.07) is 3.67. The lowest BCUT2D eigenvalue weighted by Crippen LogP contribution is -2.34. The zero-order chi connectivity index (χ0) is 18.6. The van der Waals surface area contributed by atoms with Gasteiger partial charge in [-0.1, -0.05) is 0 Å². The maximum absolute atomic E-state index is 12.2. The van der Waals surface area contributed by atoms with Gasteiger partial charge in [-0.25, -0.2) is 4.79 Å². The van der Waals surface area contributed by atoms with Crippen molar-refractivity contribution in [1.82, 2.24) is 5.32 Å². The van der Waals surface area contributed by atoms with E-state index < -0.39 is 11.9 Å². The number of rotatable bonds is 6. The van der Waals surface area contributed by atoms with E-state index in [1.165, 1.54) is 7.11 Å². The molecule has 0 saturated heterocycles. The number of methoxy groups -OCH3 is 1. The normalized spacial score (nSPS) is 17.2. The summed E-state index contributed by atoms with van der Waals surface area (Å²) in [5.41, 5.74) is 1.74. The van der Waals surface area contributed by atoms with Gasteiger partial charge in [-0.15, -0.1) is 0 Å². The lowest BCUT2D eigenvalue weighted by Gasteiger charge is -2.27. The van der Waals surface area contributed by atoms with Gasteiger partial charge in [0.25, 0.3) is 0 Å². The number of halogens is 1. The highest BCUT2D eigenvalue weighted by Gasteiger charge is 2.33. The van der Waals surface area contributed by atoms with E-state index in [0.717, 1.165) is 5.56 Å². The minimum Gasteiger partial charge on any atom is -0.490 e. The Kier molecular flexibility index (Phi) is 6.47. The SMILES string of the molecule is CCOc1cc([C@@H]2CC(=O)NC(C)=C2C(=O)OC)cc(Br)c1OCC. The molecule has 25 heavy (non-hydrogen) atoms. The Balaban J connectivity index is 2.56. The molecule has 1 amide bonds. The fourth-order valence-electron chi connectivity index (χ4n) is 2.90. The number of esters is 1. The Morgan fingerprint density at radius 3 is 2.56 bits per heavy atom. The maximum Gasteiger partial charge on any atom is 0.336 e. The molecule has 1 atom stereocenters. The lowest BCUT2D eigenvalue weighted by atomic mass is 9.84. The van der Waals surface area contributed by atoms with Crippen LogP contribution in [-0.2, 0) is 14.3 Å². The fourth-order valence-corrected chi connectivity index (χ4v) is 3.48. The molecule has 1 aliphatic heterocycles. The molecule has 0 saturated carbocycles. The van der Waals surface area contributed by atoms with E-state index in [2.05, 4.69) is 21.2 Å². The molecule has 1 aromatic carbocycles. The Bertz CT molecular complexity index is 714. The number of amides is 1. The second-order valence-corrected chi connectivity index (χ2v) is 6.39. The fraction of sp³-hybridized carbons (Fsp3) is 0.444. The van der Waals surface area contributed by atoms with Crippen molar-refractivity contribution in [3.8, 4) is 11.5 Å². The van der Waals surface area contributed by atoms with Crippen LogP contribution in [0.4, 0.5) is 0 Å². The summed E-state index contributed by atoms with van der Waals surface area (Å²) in [4.78, 5) is 24.2. The summed E-state index contributed by atoms with van der Waals surface area (Å²) in [5.74, 6) is 0.172. The molecular weight excluding hydrogens is 390 g/mol. The van der Waals surface area contributed by atoms with Crippen LogP contribution in [0.2, 0.25) is 0 Å². The van der Waals surface area contributed by atoms with Gasteiger partial charge in [0.05, 0.1) is 30.4 Å². The van der Waals surface area contributed by atoms with Gasteiger partial charge in [-0.05, 0) is 54.4 Å². The topological polar surface area (TPSA) is 73.9 Å². The molecule has 0 spiro atoms. The van der Waals surface area contributed by atoms with Gasteiger partial charge in [-0.3, -0.25) is 4.79 Å². The Hall–Kier alpha value is -2.02. The van der Waals surface area contributed by atoms with E-state index in [9.17, 15) is 9.59 Å². The Morgan fingerprint density at radius 2 is 1.96 bits per heavy atom. The predicted molar refractivity (Wildman–Crippen MR) is 96.7 cm³/mol. The summed E-state index contributed by atoms with van der Waals surface area (Å²) in [6.07, 6.45) is 0.160. The van der Waals surface area contributed by atoms with Crippen LogP contribution in [0.1, 0.15) is 38.7 Å². The van der Waals surface area contributed by atoms with Crippen LogP contribution >= 0.6 is 15.9 Å². The zero-order valence-corrected chi connectivity index (χ0v) is 16.4. The van der Waals surface area contributed by atoms with Gasteiger partial charge >= 0.3 is 5.97 Å². The molecule has 6 nitrogen and oxygen atoms in total. The first-order valence-corrected chi connectivity index (χ1v) is 8.90. The first-order chi connectivity index (χ1) is 11.9. The monoisotopic (exact) mass is 411 g/mol. The predicted octanol–water partition coefficient (Wildman–Crippen LogP) is 3.30. The minimum absolute atomic E-state index is 0.141. The van der Waals surface area contributed by atoms with Crippen molar-refractivity contribution < 1.29 is 23.8 Å². The summed E-state index contributed by atoms with van der Waals surface area (Å²) < 4.78 is 16.9. The van der Waals surface area contributed by atoms with E-state index >= 15 is 0 Å². The number of allylic oxidation sites excluding steroid dienone is 1. The lowest BCUT2D eigenvalue weighted by molar-refractivity contribution is -0.136. The van der Waals surface area contributed by atoms with Gasteiger partial charge in [0, 0.05) is 18.0 Å². The van der Waals surface area contributed by atoms with Gasteiger partial charge in [-0.2, -0.15) is 0 Å². The third-order valence-corrected chi connectivity index (χ3v) is 4.49. The zero-order valence-electron chi connectivity index (χ0n) is 14.8. The molecule has 0 fully saturated rings. The molecule has 1 aromatic rings. The number of nitrogens with one attached hydrogen (secondary N) is 1. The summed E-state index contributed by atoms with van der Waals surface area (Å²) in [6.45, 7) is 6.44. The highest BCUT2D eigenvalue weighted by Crippen LogP contribution is 2.42. The largest absolute Gasteiger partial charge is 0.490 e. The van der Waals surface area contributed by atoms with Gasteiger partial charge in [0.2, 0.25) is 5.91 Å². The molecule has 0 bridgehead atoms. The van der Waals surface area contributed by atoms with Crippen molar-refractivity contribution in [2.24, 2.45) is 0 Å². The molecule has 7 heteroatoms. The summed E-state index contributed by atoms with van der Waals surface area (Å²) in [5, 5.41) is 2.70. The van der Waals surface area contributed by atoms with Gasteiger partial charge < -0.3 is 19.5 Å². The molecule has 0 unspecified atom stereocenters. The summed E-state index contributed by atoms with van der Waals surface area (Å²) >= 11 is 3.50. The highest BCUT2D eigenvalue weighted by molar-refractivity contribution is 9.10. The van der Waals surface area contributed by atoms with E-state index in [-0.39, 0.29) is 12.3 Å². The Labute approximate surface area is 155 Å². The van der Waals surface area contributed by atoms with Gasteiger partial charge in [0.1, 0.15) is 0 Å². The minimum atomic E-state index is -0.453. The number of carbonyl (C=O) groups excluding carboxylic acids is 2. The van der Waals surface area contributed by atoms with Crippen LogP contribution in [0.25, 0.3) is 0 Å². The third-order valence-electron chi connectivity index (χ3n) is 3.90.